The molecule has 0 saturated carbocycles. The zero-order valence-corrected chi connectivity index (χ0v) is 13.7. The van der Waals surface area contributed by atoms with Gasteiger partial charge in [0.15, 0.2) is 0 Å². The van der Waals surface area contributed by atoms with Gasteiger partial charge in [0.25, 0.3) is 0 Å². The highest BCUT2D eigenvalue weighted by molar-refractivity contribution is 9.10. The lowest BCUT2D eigenvalue weighted by Gasteiger charge is -2.38. The predicted octanol–water partition coefficient (Wildman–Crippen LogP) is 4.83. The highest BCUT2D eigenvalue weighted by atomic mass is 79.9. The summed E-state index contributed by atoms with van der Waals surface area (Å²) in [6.07, 6.45) is 4.81. The summed E-state index contributed by atoms with van der Waals surface area (Å²) in [6, 6.07) is 2.77. The first-order valence-electron chi connectivity index (χ1n) is 7.34. The van der Waals surface area contributed by atoms with Crippen molar-refractivity contribution in [3.63, 3.8) is 0 Å². The largest absolute Gasteiger partial charge is 0.311 e. The third kappa shape index (κ3) is 3.22. The van der Waals surface area contributed by atoms with Gasteiger partial charge in [-0.05, 0) is 59.8 Å². The summed E-state index contributed by atoms with van der Waals surface area (Å²) in [4.78, 5) is 0. The van der Waals surface area contributed by atoms with E-state index in [4.69, 9.17) is 0 Å². The smallest absolute Gasteiger partial charge is 0.143 e. The lowest BCUT2D eigenvalue weighted by molar-refractivity contribution is 0.221. The number of hydrogen-bond donors (Lipinski definition) is 1. The molecule has 0 spiro atoms. The summed E-state index contributed by atoms with van der Waals surface area (Å²) in [5.41, 5.74) is -0.0126. The van der Waals surface area contributed by atoms with E-state index in [1.807, 2.05) is 0 Å². The first-order valence-corrected chi connectivity index (χ1v) is 8.13. The molecular formula is C16H22BrF2N. The SMILES string of the molecule is CC(C)C1(Cc2c(F)ccc(Br)c2F)CCCCCN1. The Morgan fingerprint density at radius 1 is 1.25 bits per heavy atom. The minimum atomic E-state index is -0.462. The second-order valence-corrected chi connectivity index (χ2v) is 6.90. The maximum absolute atomic E-state index is 14.2. The fraction of sp³-hybridized carbons (Fsp3) is 0.625. The van der Waals surface area contributed by atoms with E-state index in [1.54, 1.807) is 0 Å². The standard InChI is InChI=1S/C16H22BrF2N/c1-11(2)16(8-4-3-5-9-20-16)10-12-14(18)7-6-13(17)15(12)19/h6-7,11,20H,3-5,8-10H2,1-2H3. The fourth-order valence-corrected chi connectivity index (χ4v) is 3.43. The van der Waals surface area contributed by atoms with Crippen LogP contribution >= 0.6 is 15.9 Å². The van der Waals surface area contributed by atoms with Crippen LogP contribution < -0.4 is 5.32 Å². The quantitative estimate of drug-likeness (QED) is 0.773. The summed E-state index contributed by atoms with van der Waals surface area (Å²) in [6.45, 7) is 5.19. The highest BCUT2D eigenvalue weighted by Crippen LogP contribution is 2.33. The van der Waals surface area contributed by atoms with Crippen molar-refractivity contribution in [3.8, 4) is 0 Å². The second-order valence-electron chi connectivity index (χ2n) is 6.05. The molecule has 1 aliphatic rings. The molecule has 0 aliphatic carbocycles. The van der Waals surface area contributed by atoms with Crippen LogP contribution in [0.15, 0.2) is 16.6 Å². The van der Waals surface area contributed by atoms with Gasteiger partial charge in [0.2, 0.25) is 0 Å². The number of rotatable bonds is 3. The third-order valence-electron chi connectivity index (χ3n) is 4.51. The number of benzene rings is 1. The minimum absolute atomic E-state index is 0.197. The van der Waals surface area contributed by atoms with Gasteiger partial charge in [0.05, 0.1) is 4.47 Å². The van der Waals surface area contributed by atoms with E-state index in [0.29, 0.717) is 16.8 Å². The Hall–Kier alpha value is -0.480. The molecule has 1 unspecified atom stereocenters. The van der Waals surface area contributed by atoms with Gasteiger partial charge < -0.3 is 5.32 Å². The first-order chi connectivity index (χ1) is 9.46. The predicted molar refractivity (Wildman–Crippen MR) is 81.8 cm³/mol. The molecule has 1 aliphatic heterocycles. The Balaban J connectivity index is 2.35. The number of hydrogen-bond acceptors (Lipinski definition) is 1. The van der Waals surface area contributed by atoms with Gasteiger partial charge in [0.1, 0.15) is 11.6 Å². The molecule has 0 aromatic heterocycles. The lowest BCUT2D eigenvalue weighted by atomic mass is 9.77. The molecule has 1 aromatic rings. The molecule has 1 saturated heterocycles. The summed E-state index contributed by atoms with van der Waals surface area (Å²) in [7, 11) is 0. The Bertz CT molecular complexity index is 466. The van der Waals surface area contributed by atoms with Crippen molar-refractivity contribution < 1.29 is 8.78 Å². The third-order valence-corrected chi connectivity index (χ3v) is 5.13. The summed E-state index contributed by atoms with van der Waals surface area (Å²) < 4.78 is 28.6. The molecule has 0 bridgehead atoms. The van der Waals surface area contributed by atoms with Crippen molar-refractivity contribution in [2.24, 2.45) is 5.92 Å². The molecule has 1 aromatic carbocycles. The maximum Gasteiger partial charge on any atom is 0.143 e. The average Bonchev–Trinajstić information content (AvgIpc) is 2.66. The van der Waals surface area contributed by atoms with Gasteiger partial charge >= 0.3 is 0 Å². The van der Waals surface area contributed by atoms with E-state index >= 15 is 0 Å². The normalized spacial score (nSPS) is 23.9. The Labute approximate surface area is 128 Å². The van der Waals surface area contributed by atoms with E-state index in [1.165, 1.54) is 18.6 Å². The minimum Gasteiger partial charge on any atom is -0.311 e. The topological polar surface area (TPSA) is 12.0 Å². The van der Waals surface area contributed by atoms with E-state index < -0.39 is 11.6 Å². The number of halogens is 3. The molecule has 112 valence electrons. The van der Waals surface area contributed by atoms with Crippen LogP contribution in [0.2, 0.25) is 0 Å². The van der Waals surface area contributed by atoms with Gasteiger partial charge in [-0.2, -0.15) is 0 Å². The molecule has 0 radical (unpaired) electrons. The van der Waals surface area contributed by atoms with Crippen molar-refractivity contribution in [2.75, 3.05) is 6.54 Å². The molecule has 1 atom stereocenters. The lowest BCUT2D eigenvalue weighted by Crippen LogP contribution is -2.51. The van der Waals surface area contributed by atoms with Crippen LogP contribution in [0.4, 0.5) is 8.78 Å². The maximum atomic E-state index is 14.2. The highest BCUT2D eigenvalue weighted by Gasteiger charge is 2.36. The Morgan fingerprint density at radius 3 is 2.70 bits per heavy atom. The summed E-state index contributed by atoms with van der Waals surface area (Å²) >= 11 is 3.15. The molecule has 20 heavy (non-hydrogen) atoms. The number of nitrogens with one attached hydrogen (secondary N) is 1. The molecule has 0 amide bonds. The van der Waals surface area contributed by atoms with Crippen LogP contribution in [0.1, 0.15) is 45.1 Å². The van der Waals surface area contributed by atoms with Gasteiger partial charge in [-0.1, -0.05) is 26.7 Å². The van der Waals surface area contributed by atoms with Crippen molar-refractivity contribution >= 4 is 15.9 Å². The van der Waals surface area contributed by atoms with Crippen molar-refractivity contribution in [1.82, 2.24) is 5.32 Å². The van der Waals surface area contributed by atoms with Crippen LogP contribution in [0, 0.1) is 17.6 Å². The Kier molecular flexibility index (Phi) is 5.19. The van der Waals surface area contributed by atoms with Crippen LogP contribution in [-0.2, 0) is 6.42 Å². The zero-order chi connectivity index (χ0) is 14.8. The van der Waals surface area contributed by atoms with Crippen molar-refractivity contribution in [1.29, 1.82) is 0 Å². The van der Waals surface area contributed by atoms with E-state index in [9.17, 15) is 8.78 Å². The van der Waals surface area contributed by atoms with Crippen LogP contribution in [0.25, 0.3) is 0 Å². The van der Waals surface area contributed by atoms with Crippen LogP contribution in [0.5, 0.6) is 0 Å². The van der Waals surface area contributed by atoms with Crippen LogP contribution in [-0.4, -0.2) is 12.1 Å². The van der Waals surface area contributed by atoms with Crippen molar-refractivity contribution in [3.05, 3.63) is 33.8 Å². The average molecular weight is 346 g/mol. The molecule has 1 N–H and O–H groups in total. The molecule has 1 fully saturated rings. The van der Waals surface area contributed by atoms with Gasteiger partial charge in [-0.15, -0.1) is 0 Å². The summed E-state index contributed by atoms with van der Waals surface area (Å²) in [5, 5.41) is 3.57. The molecule has 1 nitrogen and oxygen atoms in total. The Morgan fingerprint density at radius 2 is 2.00 bits per heavy atom. The van der Waals surface area contributed by atoms with Crippen molar-refractivity contribution in [2.45, 2.75) is 51.5 Å². The zero-order valence-electron chi connectivity index (χ0n) is 12.1. The van der Waals surface area contributed by atoms with Gasteiger partial charge in [0, 0.05) is 11.1 Å². The molecule has 2 rings (SSSR count). The van der Waals surface area contributed by atoms with Crippen LogP contribution in [0.3, 0.4) is 0 Å². The second kappa shape index (κ2) is 6.52. The van der Waals surface area contributed by atoms with Gasteiger partial charge in [-0.3, -0.25) is 0 Å². The monoisotopic (exact) mass is 345 g/mol. The molecule has 1 heterocycles. The fourth-order valence-electron chi connectivity index (χ4n) is 3.06. The van der Waals surface area contributed by atoms with E-state index in [-0.39, 0.29) is 11.1 Å². The molecule has 4 heteroatoms. The van der Waals surface area contributed by atoms with Gasteiger partial charge in [-0.25, -0.2) is 8.78 Å². The van der Waals surface area contributed by atoms with E-state index in [2.05, 4.69) is 35.1 Å². The molecular weight excluding hydrogens is 324 g/mol. The van der Waals surface area contributed by atoms with E-state index in [0.717, 1.165) is 25.8 Å². The summed E-state index contributed by atoms with van der Waals surface area (Å²) in [5.74, 6) is -0.578. The first kappa shape index (κ1) is 15.9.